The van der Waals surface area contributed by atoms with E-state index in [0.717, 1.165) is 11.9 Å². The van der Waals surface area contributed by atoms with Gasteiger partial charge in [0.05, 0.1) is 16.0 Å². The summed E-state index contributed by atoms with van der Waals surface area (Å²) in [6.07, 6.45) is 1.75. The molecule has 4 aromatic rings. The summed E-state index contributed by atoms with van der Waals surface area (Å²) in [4.78, 5) is 25.2. The van der Waals surface area contributed by atoms with Crippen molar-refractivity contribution >= 4 is 44.2 Å². The predicted octanol–water partition coefficient (Wildman–Crippen LogP) is 3.90. The second-order valence-corrected chi connectivity index (χ2v) is 10.4. The minimum atomic E-state index is -4.10. The van der Waals surface area contributed by atoms with Crippen molar-refractivity contribution in [2.24, 2.45) is 0 Å². The van der Waals surface area contributed by atoms with Crippen LogP contribution in [0.5, 0.6) is 0 Å². The van der Waals surface area contributed by atoms with Gasteiger partial charge in [0.2, 0.25) is 0 Å². The number of hydrogen-bond donors (Lipinski definition) is 2. The highest BCUT2D eigenvalue weighted by molar-refractivity contribution is 7.92. The molecule has 0 radical (unpaired) electrons. The van der Waals surface area contributed by atoms with Gasteiger partial charge in [-0.05, 0) is 61.0 Å². The summed E-state index contributed by atoms with van der Waals surface area (Å²) >= 11 is 0. The normalized spacial score (nSPS) is 14.1. The molecular formula is C26H24FN5O4S. The molecule has 11 heteroatoms. The van der Waals surface area contributed by atoms with Gasteiger partial charge in [0.1, 0.15) is 17.5 Å². The van der Waals surface area contributed by atoms with Gasteiger partial charge in [-0.1, -0.05) is 12.1 Å². The van der Waals surface area contributed by atoms with Crippen molar-refractivity contribution in [3.8, 4) is 0 Å². The Morgan fingerprint density at radius 3 is 2.38 bits per heavy atom. The second kappa shape index (κ2) is 9.66. The molecule has 1 aliphatic rings. The Labute approximate surface area is 213 Å². The van der Waals surface area contributed by atoms with Crippen molar-refractivity contribution in [1.29, 1.82) is 0 Å². The first-order valence-electron chi connectivity index (χ1n) is 11.6. The fourth-order valence-electron chi connectivity index (χ4n) is 4.39. The van der Waals surface area contributed by atoms with Crippen LogP contribution in [0.2, 0.25) is 0 Å². The quantitative estimate of drug-likeness (QED) is 0.393. The summed E-state index contributed by atoms with van der Waals surface area (Å²) < 4.78 is 41.9. The number of pyridine rings is 2. The van der Waals surface area contributed by atoms with Crippen molar-refractivity contribution < 1.29 is 22.7 Å². The molecule has 0 spiro atoms. The monoisotopic (exact) mass is 521 g/mol. The number of rotatable bonds is 6. The molecule has 1 saturated heterocycles. The van der Waals surface area contributed by atoms with Crippen LogP contribution in [-0.4, -0.2) is 55.6 Å². The van der Waals surface area contributed by atoms with E-state index < -0.39 is 21.8 Å². The third kappa shape index (κ3) is 5.03. The Morgan fingerprint density at radius 2 is 1.70 bits per heavy atom. The van der Waals surface area contributed by atoms with Crippen LogP contribution < -0.4 is 14.5 Å². The van der Waals surface area contributed by atoms with Crippen molar-refractivity contribution in [1.82, 2.24) is 9.97 Å². The SMILES string of the molecule is Cc1ccc(F)cc1S(=O)(=O)Nc1ccc2nc(N3CCN(c4ccccn4)CC3)cc(C(=O)O)c2c1. The average molecular weight is 522 g/mol. The minimum absolute atomic E-state index is 0.00939. The lowest BCUT2D eigenvalue weighted by Crippen LogP contribution is -2.47. The molecule has 1 aliphatic heterocycles. The number of nitrogens with zero attached hydrogens (tertiary/aromatic N) is 4. The van der Waals surface area contributed by atoms with Crippen molar-refractivity contribution in [3.63, 3.8) is 0 Å². The van der Waals surface area contributed by atoms with Crippen LogP contribution in [0.1, 0.15) is 15.9 Å². The third-order valence-electron chi connectivity index (χ3n) is 6.29. The number of sulfonamides is 1. The number of carbonyl (C=O) groups is 1. The highest BCUT2D eigenvalue weighted by atomic mass is 32.2. The fraction of sp³-hybridized carbons (Fsp3) is 0.192. The standard InChI is InChI=1S/C26H24FN5O4S/c1-17-5-6-18(27)14-23(17)37(35,36)30-19-7-8-22-20(15-19)21(26(33)34)16-25(29-22)32-12-10-31(11-13-32)24-4-2-3-9-28-24/h2-9,14-16,30H,10-13H2,1H3,(H,33,34). The Kier molecular flexibility index (Phi) is 6.38. The maximum absolute atomic E-state index is 13.7. The van der Waals surface area contributed by atoms with Crippen LogP contribution in [0.4, 0.5) is 21.7 Å². The average Bonchev–Trinajstić information content (AvgIpc) is 2.89. The molecule has 2 aromatic heterocycles. The summed E-state index contributed by atoms with van der Waals surface area (Å²) in [5, 5.41) is 10.2. The summed E-state index contributed by atoms with van der Waals surface area (Å²) in [7, 11) is -4.10. The van der Waals surface area contributed by atoms with E-state index in [-0.39, 0.29) is 16.1 Å². The number of aryl methyl sites for hydroxylation is 1. The number of aromatic nitrogens is 2. The number of aromatic carboxylic acids is 1. The summed E-state index contributed by atoms with van der Waals surface area (Å²) in [6, 6.07) is 15.3. The van der Waals surface area contributed by atoms with Crippen LogP contribution in [0.3, 0.4) is 0 Å². The van der Waals surface area contributed by atoms with E-state index in [0.29, 0.717) is 48.5 Å². The number of fused-ring (bicyclic) bond motifs is 1. The Balaban J connectivity index is 1.42. The third-order valence-corrected chi connectivity index (χ3v) is 7.82. The largest absolute Gasteiger partial charge is 0.478 e. The number of hydrogen-bond acceptors (Lipinski definition) is 7. The Hall–Kier alpha value is -4.25. The zero-order chi connectivity index (χ0) is 26.2. The van der Waals surface area contributed by atoms with E-state index in [4.69, 9.17) is 0 Å². The molecule has 3 heterocycles. The number of benzene rings is 2. The maximum atomic E-state index is 13.7. The number of nitrogens with one attached hydrogen (secondary N) is 1. The molecule has 2 N–H and O–H groups in total. The molecule has 190 valence electrons. The van der Waals surface area contributed by atoms with Gasteiger partial charge in [0.15, 0.2) is 0 Å². The minimum Gasteiger partial charge on any atom is -0.478 e. The lowest BCUT2D eigenvalue weighted by atomic mass is 10.1. The molecule has 0 unspecified atom stereocenters. The van der Waals surface area contributed by atoms with Crippen molar-refractivity contribution in [2.75, 3.05) is 40.7 Å². The van der Waals surface area contributed by atoms with Crippen molar-refractivity contribution in [2.45, 2.75) is 11.8 Å². The van der Waals surface area contributed by atoms with Gasteiger partial charge in [-0.15, -0.1) is 0 Å². The van der Waals surface area contributed by atoms with Gasteiger partial charge < -0.3 is 14.9 Å². The highest BCUT2D eigenvalue weighted by Gasteiger charge is 2.23. The van der Waals surface area contributed by atoms with E-state index in [1.807, 2.05) is 23.1 Å². The zero-order valence-corrected chi connectivity index (χ0v) is 20.7. The lowest BCUT2D eigenvalue weighted by molar-refractivity contribution is 0.0699. The molecule has 0 aliphatic carbocycles. The number of carboxylic acid groups (broad SMARTS) is 1. The summed E-state index contributed by atoms with van der Waals surface area (Å²) in [5.41, 5.74) is 0.967. The summed E-state index contributed by atoms with van der Waals surface area (Å²) in [6.45, 7) is 4.26. The predicted molar refractivity (Wildman–Crippen MR) is 139 cm³/mol. The molecule has 0 saturated carbocycles. The molecule has 9 nitrogen and oxygen atoms in total. The molecule has 1 fully saturated rings. The molecule has 2 aromatic carbocycles. The van der Waals surface area contributed by atoms with Gasteiger partial charge >= 0.3 is 5.97 Å². The van der Waals surface area contributed by atoms with E-state index in [9.17, 15) is 22.7 Å². The van der Waals surface area contributed by atoms with Crippen LogP contribution in [0.15, 0.2) is 71.8 Å². The van der Waals surface area contributed by atoms with E-state index >= 15 is 0 Å². The molecule has 0 amide bonds. The molecule has 5 rings (SSSR count). The van der Waals surface area contributed by atoms with E-state index in [2.05, 4.69) is 19.6 Å². The van der Waals surface area contributed by atoms with Gasteiger partial charge in [-0.2, -0.15) is 0 Å². The molecule has 0 bridgehead atoms. The van der Waals surface area contributed by atoms with E-state index in [1.54, 1.807) is 19.2 Å². The number of piperazine rings is 1. The van der Waals surface area contributed by atoms with Gasteiger partial charge in [-0.25, -0.2) is 27.6 Å². The highest BCUT2D eigenvalue weighted by Crippen LogP contribution is 2.28. The first kappa shape index (κ1) is 24.4. The zero-order valence-electron chi connectivity index (χ0n) is 19.9. The Morgan fingerprint density at radius 1 is 0.973 bits per heavy atom. The number of halogens is 1. The van der Waals surface area contributed by atoms with Crippen LogP contribution in [0, 0.1) is 12.7 Å². The first-order valence-corrected chi connectivity index (χ1v) is 13.1. The van der Waals surface area contributed by atoms with E-state index in [1.165, 1.54) is 30.3 Å². The van der Waals surface area contributed by atoms with Crippen LogP contribution >= 0.6 is 0 Å². The second-order valence-electron chi connectivity index (χ2n) is 8.74. The fourth-order valence-corrected chi connectivity index (χ4v) is 5.70. The lowest BCUT2D eigenvalue weighted by Gasteiger charge is -2.36. The summed E-state index contributed by atoms with van der Waals surface area (Å²) in [5.74, 6) is -0.394. The molecule has 0 atom stereocenters. The topological polar surface area (TPSA) is 116 Å². The first-order chi connectivity index (χ1) is 17.7. The smallest absolute Gasteiger partial charge is 0.336 e. The van der Waals surface area contributed by atoms with Gasteiger partial charge in [0, 0.05) is 43.4 Å². The van der Waals surface area contributed by atoms with Gasteiger partial charge in [0.25, 0.3) is 10.0 Å². The van der Waals surface area contributed by atoms with Gasteiger partial charge in [-0.3, -0.25) is 4.72 Å². The Bertz CT molecular complexity index is 1590. The number of carboxylic acids is 1. The van der Waals surface area contributed by atoms with Crippen molar-refractivity contribution in [3.05, 3.63) is 83.8 Å². The number of anilines is 3. The maximum Gasteiger partial charge on any atom is 0.336 e. The molecular weight excluding hydrogens is 497 g/mol. The van der Waals surface area contributed by atoms with Crippen LogP contribution in [-0.2, 0) is 10.0 Å². The van der Waals surface area contributed by atoms with Crippen LogP contribution in [0.25, 0.3) is 10.9 Å². The molecule has 37 heavy (non-hydrogen) atoms.